The minimum absolute atomic E-state index is 0.318. The third kappa shape index (κ3) is 2.56. The van der Waals surface area contributed by atoms with E-state index < -0.39 is 0 Å². The highest BCUT2D eigenvalue weighted by molar-refractivity contribution is 9.10. The number of hydrogen-bond donors (Lipinski definition) is 0. The van der Waals surface area contributed by atoms with Gasteiger partial charge in [0.05, 0.1) is 0 Å². The molecule has 0 radical (unpaired) electrons. The summed E-state index contributed by atoms with van der Waals surface area (Å²) >= 11 is 3.39. The smallest absolute Gasteiger partial charge is 0.213 e. The van der Waals surface area contributed by atoms with Crippen molar-refractivity contribution in [2.45, 2.75) is 13.5 Å². The molecular formula is C10H9BrN2O2. The quantitative estimate of drug-likeness (QED) is 0.859. The highest BCUT2D eigenvalue weighted by Gasteiger charge is 2.03. The van der Waals surface area contributed by atoms with Crippen molar-refractivity contribution in [3.8, 4) is 5.75 Å². The molecule has 0 saturated carbocycles. The number of halogens is 1. The van der Waals surface area contributed by atoms with Crippen LogP contribution in [0.4, 0.5) is 0 Å². The number of aromatic nitrogens is 2. The molecule has 0 aliphatic heterocycles. The second-order valence-electron chi connectivity index (χ2n) is 3.05. The van der Waals surface area contributed by atoms with Crippen molar-refractivity contribution in [3.63, 3.8) is 0 Å². The van der Waals surface area contributed by atoms with Crippen LogP contribution in [-0.2, 0) is 6.61 Å². The third-order valence-electron chi connectivity index (χ3n) is 1.90. The molecule has 15 heavy (non-hydrogen) atoms. The molecule has 0 N–H and O–H groups in total. The summed E-state index contributed by atoms with van der Waals surface area (Å²) in [5.74, 6) is 1.36. The number of rotatable bonds is 3. The first-order valence-electron chi connectivity index (χ1n) is 4.40. The fourth-order valence-corrected chi connectivity index (χ4v) is 1.65. The van der Waals surface area contributed by atoms with Crippen LogP contribution in [-0.4, -0.2) is 10.1 Å². The van der Waals surface area contributed by atoms with E-state index in [1.54, 1.807) is 0 Å². The van der Waals surface area contributed by atoms with Crippen molar-refractivity contribution < 1.29 is 9.26 Å². The molecular weight excluding hydrogens is 260 g/mol. The van der Waals surface area contributed by atoms with Crippen LogP contribution in [0.1, 0.15) is 11.4 Å². The maximum atomic E-state index is 5.53. The van der Waals surface area contributed by atoms with Gasteiger partial charge in [0.25, 0.3) is 0 Å². The number of ether oxygens (including phenoxy) is 1. The molecule has 0 aliphatic rings. The Balaban J connectivity index is 2.05. The lowest BCUT2D eigenvalue weighted by molar-refractivity contribution is 0.285. The fraction of sp³-hybridized carbons (Fsp3) is 0.200. The number of nitrogens with zero attached hydrogens (tertiary/aromatic N) is 2. The van der Waals surface area contributed by atoms with Gasteiger partial charge in [-0.15, -0.1) is 0 Å². The number of hydrogen-bond acceptors (Lipinski definition) is 4. The van der Waals surface area contributed by atoms with Crippen molar-refractivity contribution in [2.75, 3.05) is 0 Å². The minimum atomic E-state index is 0.318. The van der Waals surface area contributed by atoms with E-state index in [2.05, 4.69) is 30.6 Å². The van der Waals surface area contributed by atoms with Gasteiger partial charge in [-0.1, -0.05) is 21.1 Å². The van der Waals surface area contributed by atoms with Gasteiger partial charge in [0, 0.05) is 4.47 Å². The Kier molecular flexibility index (Phi) is 3.01. The summed E-state index contributed by atoms with van der Waals surface area (Å²) in [6, 6.07) is 5.82. The van der Waals surface area contributed by atoms with Crippen molar-refractivity contribution in [2.24, 2.45) is 0 Å². The maximum Gasteiger partial charge on any atom is 0.213 e. The van der Waals surface area contributed by atoms with Crippen LogP contribution in [0, 0.1) is 6.92 Å². The zero-order valence-electron chi connectivity index (χ0n) is 8.11. The van der Waals surface area contributed by atoms with Crippen LogP contribution in [0.3, 0.4) is 0 Å². The lowest BCUT2D eigenvalue weighted by Crippen LogP contribution is -1.98. The van der Waals surface area contributed by atoms with Crippen LogP contribution in [0.2, 0.25) is 0 Å². The summed E-state index contributed by atoms with van der Waals surface area (Å²) in [6.45, 7) is 2.30. The average molecular weight is 269 g/mol. The van der Waals surface area contributed by atoms with E-state index in [-0.39, 0.29) is 0 Å². The Morgan fingerprint density at radius 3 is 3.00 bits per heavy atom. The van der Waals surface area contributed by atoms with Gasteiger partial charge in [-0.3, -0.25) is 0 Å². The van der Waals surface area contributed by atoms with Gasteiger partial charge < -0.3 is 9.26 Å². The van der Waals surface area contributed by atoms with Gasteiger partial charge in [0.15, 0.2) is 6.61 Å². The van der Waals surface area contributed by atoms with E-state index in [4.69, 9.17) is 4.74 Å². The molecule has 0 unspecified atom stereocenters. The zero-order chi connectivity index (χ0) is 10.7. The van der Waals surface area contributed by atoms with Crippen LogP contribution in [0.25, 0.3) is 0 Å². The molecule has 1 heterocycles. The van der Waals surface area contributed by atoms with E-state index in [0.717, 1.165) is 15.8 Å². The molecule has 5 heteroatoms. The van der Waals surface area contributed by atoms with E-state index in [9.17, 15) is 0 Å². The van der Waals surface area contributed by atoms with Crippen molar-refractivity contribution >= 4 is 15.9 Å². The Bertz CT molecular complexity index is 443. The molecule has 2 rings (SSSR count). The van der Waals surface area contributed by atoms with Gasteiger partial charge in [-0.05, 0) is 30.7 Å². The first-order chi connectivity index (χ1) is 7.25. The van der Waals surface area contributed by atoms with Crippen LogP contribution in [0.5, 0.6) is 5.75 Å². The van der Waals surface area contributed by atoms with Gasteiger partial charge in [0.1, 0.15) is 5.75 Å². The zero-order valence-corrected chi connectivity index (χ0v) is 9.69. The second-order valence-corrected chi connectivity index (χ2v) is 3.96. The van der Waals surface area contributed by atoms with Crippen molar-refractivity contribution in [3.05, 3.63) is 40.5 Å². The van der Waals surface area contributed by atoms with E-state index >= 15 is 0 Å². The molecule has 2 aromatic rings. The Morgan fingerprint density at radius 1 is 1.47 bits per heavy atom. The molecule has 0 aliphatic carbocycles. The second kappa shape index (κ2) is 4.44. The molecule has 0 bridgehead atoms. The molecule has 4 nitrogen and oxygen atoms in total. The number of benzene rings is 1. The fourth-order valence-electron chi connectivity index (χ4n) is 1.17. The maximum absolute atomic E-state index is 5.53. The molecule has 0 saturated heterocycles. The predicted molar refractivity (Wildman–Crippen MR) is 57.5 cm³/mol. The topological polar surface area (TPSA) is 48.2 Å². The van der Waals surface area contributed by atoms with E-state index in [1.807, 2.05) is 25.1 Å². The summed E-state index contributed by atoms with van der Waals surface area (Å²) in [6.07, 6.45) is 1.28. The van der Waals surface area contributed by atoms with E-state index in [1.165, 1.54) is 6.39 Å². The molecule has 0 spiro atoms. The van der Waals surface area contributed by atoms with Gasteiger partial charge in [0.2, 0.25) is 12.2 Å². The summed E-state index contributed by atoms with van der Waals surface area (Å²) < 4.78 is 11.2. The number of aryl methyl sites for hydroxylation is 1. The molecule has 1 aromatic carbocycles. The summed E-state index contributed by atoms with van der Waals surface area (Å²) in [4.78, 5) is 3.87. The Hall–Kier alpha value is -1.36. The lowest BCUT2D eigenvalue weighted by Gasteiger charge is -2.06. The molecule has 0 amide bonds. The standard InChI is InChI=1S/C10H9BrN2O2/c1-7-4-8(11)2-3-9(7)14-5-10-12-6-15-13-10/h2-4,6H,5H2,1H3. The SMILES string of the molecule is Cc1cc(Br)ccc1OCc1ncon1. The van der Waals surface area contributed by atoms with Gasteiger partial charge in [-0.25, -0.2) is 0 Å². The van der Waals surface area contributed by atoms with Crippen molar-refractivity contribution in [1.82, 2.24) is 10.1 Å². The molecule has 0 fully saturated rings. The highest BCUT2D eigenvalue weighted by atomic mass is 79.9. The Labute approximate surface area is 95.4 Å². The minimum Gasteiger partial charge on any atom is -0.485 e. The summed E-state index contributed by atoms with van der Waals surface area (Å²) in [5, 5.41) is 3.66. The largest absolute Gasteiger partial charge is 0.485 e. The monoisotopic (exact) mass is 268 g/mol. The normalized spacial score (nSPS) is 10.3. The summed E-state index contributed by atoms with van der Waals surface area (Å²) in [7, 11) is 0. The van der Waals surface area contributed by atoms with Crippen LogP contribution >= 0.6 is 15.9 Å². The summed E-state index contributed by atoms with van der Waals surface area (Å²) in [5.41, 5.74) is 1.06. The molecule has 78 valence electrons. The third-order valence-corrected chi connectivity index (χ3v) is 2.39. The van der Waals surface area contributed by atoms with Gasteiger partial charge >= 0.3 is 0 Å². The highest BCUT2D eigenvalue weighted by Crippen LogP contribution is 2.22. The van der Waals surface area contributed by atoms with E-state index in [0.29, 0.717) is 12.4 Å². The van der Waals surface area contributed by atoms with Gasteiger partial charge in [-0.2, -0.15) is 4.98 Å². The van der Waals surface area contributed by atoms with Crippen molar-refractivity contribution in [1.29, 1.82) is 0 Å². The van der Waals surface area contributed by atoms with Crippen LogP contribution < -0.4 is 4.74 Å². The van der Waals surface area contributed by atoms with Crippen LogP contribution in [0.15, 0.2) is 33.6 Å². The Morgan fingerprint density at radius 2 is 2.33 bits per heavy atom. The lowest BCUT2D eigenvalue weighted by atomic mass is 10.2. The first kappa shape index (κ1) is 10.2. The molecule has 0 atom stereocenters. The first-order valence-corrected chi connectivity index (χ1v) is 5.19. The average Bonchev–Trinajstić information content (AvgIpc) is 2.69. The predicted octanol–water partition coefficient (Wildman–Crippen LogP) is 2.72. The molecule has 1 aromatic heterocycles.